The number of nitrogens with zero attached hydrogens (tertiary/aromatic N) is 2. The first kappa shape index (κ1) is 14.3. The number of piperazine rings is 1. The van der Waals surface area contributed by atoms with Crippen LogP contribution in [0, 0.1) is 0 Å². The highest BCUT2D eigenvalue weighted by molar-refractivity contribution is 6.34. The lowest BCUT2D eigenvalue weighted by Crippen LogP contribution is -2.48. The number of methoxy groups -OCH3 is 1. The fourth-order valence-corrected chi connectivity index (χ4v) is 2.26. The number of carbonyl (C=O) groups is 1. The maximum absolute atomic E-state index is 11.7. The van der Waals surface area contributed by atoms with Crippen molar-refractivity contribution in [3.63, 3.8) is 0 Å². The number of anilines is 1. The van der Waals surface area contributed by atoms with Crippen LogP contribution in [0.3, 0.4) is 0 Å². The number of carbonyl (C=O) groups excluding carboxylic acids is 1. The summed E-state index contributed by atoms with van der Waals surface area (Å²) in [6, 6.07) is 5.74. The zero-order valence-electron chi connectivity index (χ0n) is 11.6. The molecule has 0 aromatic heterocycles. The molecule has 1 aromatic rings. The summed E-state index contributed by atoms with van der Waals surface area (Å²) in [5, 5.41) is 0. The van der Waals surface area contributed by atoms with Gasteiger partial charge in [-0.1, -0.05) is 18.1 Å². The van der Waals surface area contributed by atoms with Crippen LogP contribution in [0.15, 0.2) is 36.6 Å². The van der Waals surface area contributed by atoms with Crippen LogP contribution in [0.1, 0.15) is 0 Å². The van der Waals surface area contributed by atoms with E-state index in [1.807, 2.05) is 18.2 Å². The van der Waals surface area contributed by atoms with Crippen LogP contribution in [-0.2, 0) is 4.79 Å². The van der Waals surface area contributed by atoms with Crippen molar-refractivity contribution in [1.82, 2.24) is 4.90 Å². The van der Waals surface area contributed by atoms with Gasteiger partial charge in [0.1, 0.15) is 13.6 Å². The Morgan fingerprint density at radius 1 is 1.40 bits per heavy atom. The van der Waals surface area contributed by atoms with Crippen LogP contribution in [0.5, 0.6) is 5.75 Å². The van der Waals surface area contributed by atoms with Gasteiger partial charge in [0.15, 0.2) is 0 Å². The molecule has 0 aliphatic carbocycles. The summed E-state index contributed by atoms with van der Waals surface area (Å²) in [6.07, 6.45) is 1.38. The zero-order chi connectivity index (χ0) is 14.5. The molecular weight excluding hydrogens is 251 g/mol. The minimum atomic E-state index is -0.0328. The van der Waals surface area contributed by atoms with E-state index in [0.717, 1.165) is 18.8 Å². The van der Waals surface area contributed by atoms with E-state index < -0.39 is 0 Å². The van der Waals surface area contributed by atoms with Gasteiger partial charge in [0.25, 0.3) is 5.91 Å². The highest BCUT2D eigenvalue weighted by Gasteiger charge is 2.20. The van der Waals surface area contributed by atoms with Gasteiger partial charge in [0.2, 0.25) is 0 Å². The molecule has 5 heteroatoms. The van der Waals surface area contributed by atoms with Crippen molar-refractivity contribution >= 4 is 24.9 Å². The van der Waals surface area contributed by atoms with Gasteiger partial charge in [-0.25, -0.2) is 0 Å². The van der Waals surface area contributed by atoms with E-state index in [4.69, 9.17) is 12.6 Å². The Kier molecular flexibility index (Phi) is 4.54. The maximum Gasteiger partial charge on any atom is 0.254 e. The average molecular weight is 268 g/mol. The highest BCUT2D eigenvalue weighted by Crippen LogP contribution is 2.20. The molecule has 0 N–H and O–H groups in total. The molecule has 20 heavy (non-hydrogen) atoms. The molecule has 2 rings (SSSR count). The minimum Gasteiger partial charge on any atom is -0.497 e. The fourth-order valence-electron chi connectivity index (χ4n) is 2.26. The Hall–Kier alpha value is -2.13. The van der Waals surface area contributed by atoms with E-state index in [1.165, 1.54) is 6.08 Å². The Morgan fingerprint density at radius 2 is 2.10 bits per heavy atom. The Morgan fingerprint density at radius 3 is 2.70 bits per heavy atom. The molecule has 1 heterocycles. The maximum atomic E-state index is 11.7. The summed E-state index contributed by atoms with van der Waals surface area (Å²) in [4.78, 5) is 15.7. The number of rotatable bonds is 3. The first-order valence-corrected chi connectivity index (χ1v) is 6.49. The summed E-state index contributed by atoms with van der Waals surface area (Å²) >= 11 is 0. The van der Waals surface area contributed by atoms with Crippen molar-refractivity contribution in [1.29, 1.82) is 0 Å². The summed E-state index contributed by atoms with van der Waals surface area (Å²) in [7, 11) is 7.42. The summed E-state index contributed by atoms with van der Waals surface area (Å²) in [5.74, 6) is 0.644. The van der Waals surface area contributed by atoms with Gasteiger partial charge in [0.05, 0.1) is 7.11 Å². The molecule has 1 aliphatic rings. The highest BCUT2D eigenvalue weighted by atomic mass is 16.5. The Bertz CT molecular complexity index is 545. The predicted molar refractivity (Wildman–Crippen MR) is 80.9 cm³/mol. The molecule has 1 amide bonds. The normalized spacial score (nSPS) is 14.7. The molecule has 0 saturated carbocycles. The van der Waals surface area contributed by atoms with Crippen LogP contribution in [0.2, 0.25) is 0 Å². The van der Waals surface area contributed by atoms with Crippen LogP contribution >= 0.6 is 0 Å². The molecule has 0 bridgehead atoms. The van der Waals surface area contributed by atoms with Gasteiger partial charge in [-0.2, -0.15) is 0 Å². The molecule has 4 nitrogen and oxygen atoms in total. The second kappa shape index (κ2) is 6.35. The summed E-state index contributed by atoms with van der Waals surface area (Å²) in [6.45, 7) is 6.35. The van der Waals surface area contributed by atoms with Gasteiger partial charge in [-0.15, -0.1) is 5.73 Å². The topological polar surface area (TPSA) is 32.8 Å². The van der Waals surface area contributed by atoms with Gasteiger partial charge >= 0.3 is 0 Å². The van der Waals surface area contributed by atoms with Gasteiger partial charge in [-0.3, -0.25) is 4.79 Å². The van der Waals surface area contributed by atoms with Crippen molar-refractivity contribution in [3.05, 3.63) is 36.6 Å². The molecule has 1 fully saturated rings. The van der Waals surface area contributed by atoms with Crippen LogP contribution < -0.4 is 15.1 Å². The molecule has 1 saturated heterocycles. The van der Waals surface area contributed by atoms with E-state index in [9.17, 15) is 4.79 Å². The average Bonchev–Trinajstić information content (AvgIpc) is 2.48. The number of benzene rings is 1. The smallest absolute Gasteiger partial charge is 0.254 e. The number of amides is 1. The van der Waals surface area contributed by atoms with Gasteiger partial charge < -0.3 is 14.5 Å². The fraction of sp³-hybridized carbons (Fsp3) is 0.333. The first-order chi connectivity index (χ1) is 9.65. The zero-order valence-corrected chi connectivity index (χ0v) is 11.6. The second-order valence-corrected chi connectivity index (χ2v) is 4.59. The molecular formula is C15H17BN2O2. The lowest BCUT2D eigenvalue weighted by atomic mass is 9.94. The molecule has 1 aliphatic heterocycles. The minimum absolute atomic E-state index is 0.0328. The second-order valence-electron chi connectivity index (χ2n) is 4.59. The van der Waals surface area contributed by atoms with Crippen LogP contribution in [0.25, 0.3) is 0 Å². The largest absolute Gasteiger partial charge is 0.497 e. The monoisotopic (exact) mass is 268 g/mol. The van der Waals surface area contributed by atoms with E-state index >= 15 is 0 Å². The number of hydrogen-bond donors (Lipinski definition) is 0. The molecule has 2 radical (unpaired) electrons. The van der Waals surface area contributed by atoms with E-state index in [0.29, 0.717) is 24.3 Å². The first-order valence-electron chi connectivity index (χ1n) is 6.49. The Labute approximate surface area is 120 Å². The van der Waals surface area contributed by atoms with Crippen molar-refractivity contribution in [3.8, 4) is 5.75 Å². The SMILES string of the molecule is [B]c1ccc(N2CCN(C(=O)C=C=C)CC2)cc1OC. The van der Waals surface area contributed by atoms with Crippen molar-refractivity contribution in [2.24, 2.45) is 0 Å². The number of ether oxygens (including phenoxy) is 1. The van der Waals surface area contributed by atoms with Crippen molar-refractivity contribution in [2.45, 2.75) is 0 Å². The van der Waals surface area contributed by atoms with E-state index in [2.05, 4.69) is 17.2 Å². The quantitative estimate of drug-likeness (QED) is 0.454. The van der Waals surface area contributed by atoms with Crippen molar-refractivity contribution in [2.75, 3.05) is 38.2 Å². The summed E-state index contributed by atoms with van der Waals surface area (Å²) < 4.78 is 5.23. The third kappa shape index (κ3) is 3.06. The molecule has 1 aromatic carbocycles. The third-order valence-electron chi connectivity index (χ3n) is 3.40. The molecule has 0 unspecified atom stereocenters. The molecule has 0 spiro atoms. The van der Waals surface area contributed by atoms with Gasteiger partial charge in [0, 0.05) is 44.0 Å². The van der Waals surface area contributed by atoms with E-state index in [1.54, 1.807) is 12.0 Å². The molecule has 102 valence electrons. The lowest BCUT2D eigenvalue weighted by Gasteiger charge is -2.35. The predicted octanol–water partition coefficient (Wildman–Crippen LogP) is 0.479. The lowest BCUT2D eigenvalue weighted by molar-refractivity contribution is -0.126. The van der Waals surface area contributed by atoms with Gasteiger partial charge in [-0.05, 0) is 6.07 Å². The number of hydrogen-bond acceptors (Lipinski definition) is 3. The van der Waals surface area contributed by atoms with Crippen LogP contribution in [0.4, 0.5) is 5.69 Å². The summed E-state index contributed by atoms with van der Waals surface area (Å²) in [5.41, 5.74) is 4.20. The van der Waals surface area contributed by atoms with Crippen LogP contribution in [-0.4, -0.2) is 51.9 Å². The van der Waals surface area contributed by atoms with Crippen molar-refractivity contribution < 1.29 is 9.53 Å². The third-order valence-corrected chi connectivity index (χ3v) is 3.40. The Balaban J connectivity index is 2.03. The standard InChI is InChI=1S/C15H17BN2O2/c1-3-4-15(19)18-9-7-17(8-10-18)12-5-6-13(16)14(11-12)20-2/h4-6,11H,1,7-10H2,2H3. The van der Waals surface area contributed by atoms with E-state index in [-0.39, 0.29) is 5.91 Å². The molecule has 0 atom stereocenters.